The van der Waals surface area contributed by atoms with Gasteiger partial charge >= 0.3 is 0 Å². The smallest absolute Gasteiger partial charge is 0.255 e. The van der Waals surface area contributed by atoms with Gasteiger partial charge in [-0.1, -0.05) is 19.8 Å². The van der Waals surface area contributed by atoms with Gasteiger partial charge in [0.15, 0.2) is 0 Å². The Hall–Kier alpha value is -1.58. The molecule has 1 saturated carbocycles. The van der Waals surface area contributed by atoms with Gasteiger partial charge in [-0.3, -0.25) is 4.79 Å². The number of anilines is 1. The molecule has 1 aliphatic rings. The van der Waals surface area contributed by atoms with E-state index in [0.29, 0.717) is 11.4 Å². The second-order valence-electron chi connectivity index (χ2n) is 5.17. The highest BCUT2D eigenvalue weighted by Crippen LogP contribution is 2.33. The summed E-state index contributed by atoms with van der Waals surface area (Å²) in [6.45, 7) is 3.68. The number of hydrogen-bond donors (Lipinski definition) is 2. The maximum absolute atomic E-state index is 12.1. The van der Waals surface area contributed by atoms with Gasteiger partial charge in [0.1, 0.15) is 5.82 Å². The number of amides is 1. The molecule has 4 heteroatoms. The quantitative estimate of drug-likeness (QED) is 0.707. The normalized spacial score (nSPS) is 14.2. The lowest BCUT2D eigenvalue weighted by Crippen LogP contribution is -2.26. The third-order valence-corrected chi connectivity index (χ3v) is 3.37. The summed E-state index contributed by atoms with van der Waals surface area (Å²) in [5.41, 5.74) is 0.641. The number of pyridine rings is 1. The van der Waals surface area contributed by atoms with E-state index in [0.717, 1.165) is 31.8 Å². The fourth-order valence-electron chi connectivity index (χ4n) is 2.07. The topological polar surface area (TPSA) is 54.0 Å². The molecule has 0 aliphatic heterocycles. The Morgan fingerprint density at radius 2 is 2.26 bits per heavy atom. The van der Waals surface area contributed by atoms with Crippen LogP contribution in [0.3, 0.4) is 0 Å². The van der Waals surface area contributed by atoms with Gasteiger partial charge in [-0.05, 0) is 37.3 Å². The highest BCUT2D eigenvalue weighted by molar-refractivity contribution is 5.98. The van der Waals surface area contributed by atoms with E-state index >= 15 is 0 Å². The van der Waals surface area contributed by atoms with Crippen molar-refractivity contribution in [2.24, 2.45) is 5.92 Å². The first-order valence-corrected chi connectivity index (χ1v) is 7.28. The minimum atomic E-state index is -0.0255. The first kappa shape index (κ1) is 13.8. The molecule has 104 valence electrons. The zero-order valence-corrected chi connectivity index (χ0v) is 11.6. The summed E-state index contributed by atoms with van der Waals surface area (Å²) in [4.78, 5) is 16.3. The molecule has 1 aromatic rings. The van der Waals surface area contributed by atoms with Crippen molar-refractivity contribution in [3.63, 3.8) is 0 Å². The molecule has 0 saturated heterocycles. The lowest BCUT2D eigenvalue weighted by atomic mass is 10.2. The summed E-state index contributed by atoms with van der Waals surface area (Å²) < 4.78 is 0. The second kappa shape index (κ2) is 7.12. The third kappa shape index (κ3) is 4.54. The van der Waals surface area contributed by atoms with Crippen molar-refractivity contribution in [2.45, 2.75) is 39.0 Å². The summed E-state index contributed by atoms with van der Waals surface area (Å²) in [7, 11) is 0. The predicted octanol–water partition coefficient (Wildman–Crippen LogP) is 2.82. The molecule has 0 spiro atoms. The van der Waals surface area contributed by atoms with Crippen LogP contribution in [0, 0.1) is 5.92 Å². The molecule has 19 heavy (non-hydrogen) atoms. The average Bonchev–Trinajstić information content (AvgIpc) is 3.25. The van der Waals surface area contributed by atoms with E-state index in [2.05, 4.69) is 22.5 Å². The SMILES string of the molecule is CCCNc1ncccc1C(=O)NCCCC1CC1. The first-order chi connectivity index (χ1) is 9.31. The van der Waals surface area contributed by atoms with E-state index in [1.807, 2.05) is 6.07 Å². The molecule has 0 atom stereocenters. The third-order valence-electron chi connectivity index (χ3n) is 3.37. The lowest BCUT2D eigenvalue weighted by molar-refractivity contribution is 0.0953. The number of carbonyl (C=O) groups excluding carboxylic acids is 1. The number of nitrogens with one attached hydrogen (secondary N) is 2. The van der Waals surface area contributed by atoms with Gasteiger partial charge in [-0.15, -0.1) is 0 Å². The maximum atomic E-state index is 12.1. The van der Waals surface area contributed by atoms with Crippen LogP contribution in [-0.2, 0) is 0 Å². The molecule has 2 rings (SSSR count). The Bertz CT molecular complexity index is 416. The molecular weight excluding hydrogens is 238 g/mol. The second-order valence-corrected chi connectivity index (χ2v) is 5.17. The Kier molecular flexibility index (Phi) is 5.19. The van der Waals surface area contributed by atoms with Crippen LogP contribution in [0.25, 0.3) is 0 Å². The fraction of sp³-hybridized carbons (Fsp3) is 0.600. The Labute approximate surface area is 115 Å². The van der Waals surface area contributed by atoms with Gasteiger partial charge in [0.05, 0.1) is 5.56 Å². The van der Waals surface area contributed by atoms with Crippen LogP contribution >= 0.6 is 0 Å². The van der Waals surface area contributed by atoms with Gasteiger partial charge in [-0.25, -0.2) is 4.98 Å². The molecule has 1 heterocycles. The van der Waals surface area contributed by atoms with E-state index in [4.69, 9.17) is 0 Å². The van der Waals surface area contributed by atoms with E-state index in [-0.39, 0.29) is 5.91 Å². The maximum Gasteiger partial charge on any atom is 0.255 e. The van der Waals surface area contributed by atoms with E-state index in [1.54, 1.807) is 12.3 Å². The van der Waals surface area contributed by atoms with Crippen LogP contribution in [0.1, 0.15) is 49.4 Å². The van der Waals surface area contributed by atoms with Crippen LogP contribution in [0.5, 0.6) is 0 Å². The minimum Gasteiger partial charge on any atom is -0.369 e. The first-order valence-electron chi connectivity index (χ1n) is 7.28. The Balaban J connectivity index is 1.82. The van der Waals surface area contributed by atoms with Gasteiger partial charge < -0.3 is 10.6 Å². The van der Waals surface area contributed by atoms with E-state index in [1.165, 1.54) is 19.3 Å². The van der Waals surface area contributed by atoms with Crippen LogP contribution in [0.2, 0.25) is 0 Å². The molecule has 4 nitrogen and oxygen atoms in total. The van der Waals surface area contributed by atoms with Crippen molar-refractivity contribution in [1.29, 1.82) is 0 Å². The summed E-state index contributed by atoms with van der Waals surface area (Å²) in [5.74, 6) is 1.59. The van der Waals surface area contributed by atoms with Crippen molar-refractivity contribution in [3.8, 4) is 0 Å². The van der Waals surface area contributed by atoms with Crippen molar-refractivity contribution < 1.29 is 4.79 Å². The molecule has 0 radical (unpaired) electrons. The molecule has 1 aromatic heterocycles. The Morgan fingerprint density at radius 1 is 1.42 bits per heavy atom. The van der Waals surface area contributed by atoms with Gasteiger partial charge in [0, 0.05) is 19.3 Å². The van der Waals surface area contributed by atoms with Crippen LogP contribution in [0.15, 0.2) is 18.3 Å². The average molecular weight is 261 g/mol. The summed E-state index contributed by atoms with van der Waals surface area (Å²) >= 11 is 0. The molecule has 2 N–H and O–H groups in total. The number of nitrogens with zero attached hydrogens (tertiary/aromatic N) is 1. The minimum absolute atomic E-state index is 0.0255. The summed E-state index contributed by atoms with van der Waals surface area (Å²) in [5, 5.41) is 6.17. The molecule has 1 fully saturated rings. The van der Waals surface area contributed by atoms with Gasteiger partial charge in [-0.2, -0.15) is 0 Å². The van der Waals surface area contributed by atoms with Crippen molar-refractivity contribution >= 4 is 11.7 Å². The van der Waals surface area contributed by atoms with Gasteiger partial charge in [0.2, 0.25) is 0 Å². The van der Waals surface area contributed by atoms with Crippen LogP contribution in [-0.4, -0.2) is 24.0 Å². The highest BCUT2D eigenvalue weighted by atomic mass is 16.1. The van der Waals surface area contributed by atoms with Crippen LogP contribution < -0.4 is 10.6 Å². The zero-order chi connectivity index (χ0) is 13.5. The van der Waals surface area contributed by atoms with Crippen molar-refractivity contribution in [2.75, 3.05) is 18.4 Å². The fourth-order valence-corrected chi connectivity index (χ4v) is 2.07. The zero-order valence-electron chi connectivity index (χ0n) is 11.6. The largest absolute Gasteiger partial charge is 0.369 e. The van der Waals surface area contributed by atoms with Crippen molar-refractivity contribution in [1.82, 2.24) is 10.3 Å². The number of aromatic nitrogens is 1. The molecular formula is C15H23N3O. The summed E-state index contributed by atoms with van der Waals surface area (Å²) in [6, 6.07) is 3.62. The lowest BCUT2D eigenvalue weighted by Gasteiger charge is -2.10. The summed E-state index contributed by atoms with van der Waals surface area (Å²) in [6.07, 6.45) is 7.80. The van der Waals surface area contributed by atoms with Crippen LogP contribution in [0.4, 0.5) is 5.82 Å². The molecule has 1 amide bonds. The number of hydrogen-bond acceptors (Lipinski definition) is 3. The van der Waals surface area contributed by atoms with E-state index in [9.17, 15) is 4.79 Å². The Morgan fingerprint density at radius 3 is 3.00 bits per heavy atom. The molecule has 0 unspecified atom stereocenters. The van der Waals surface area contributed by atoms with E-state index < -0.39 is 0 Å². The predicted molar refractivity (Wildman–Crippen MR) is 77.3 cm³/mol. The number of rotatable bonds is 8. The molecule has 0 bridgehead atoms. The van der Waals surface area contributed by atoms with Crippen molar-refractivity contribution in [3.05, 3.63) is 23.9 Å². The monoisotopic (exact) mass is 261 g/mol. The standard InChI is InChI=1S/C15H23N3O/c1-2-9-16-14-13(6-4-10-17-14)15(19)18-11-3-5-12-7-8-12/h4,6,10,12H,2-3,5,7-9,11H2,1H3,(H,16,17)(H,18,19). The number of carbonyl (C=O) groups is 1. The van der Waals surface area contributed by atoms with Gasteiger partial charge in [0.25, 0.3) is 5.91 Å². The molecule has 1 aliphatic carbocycles. The highest BCUT2D eigenvalue weighted by Gasteiger charge is 2.20. The molecule has 0 aromatic carbocycles.